The molecule has 0 radical (unpaired) electrons. The van der Waals surface area contributed by atoms with Crippen LogP contribution in [0.25, 0.3) is 0 Å². The summed E-state index contributed by atoms with van der Waals surface area (Å²) in [7, 11) is 1.43. The largest absolute Gasteiger partial charge is 0.341 e. The normalized spacial score (nSPS) is 13.9. The van der Waals surface area contributed by atoms with Crippen LogP contribution < -0.4 is 11.2 Å². The second kappa shape index (κ2) is 6.03. The van der Waals surface area contributed by atoms with E-state index >= 15 is 0 Å². The van der Waals surface area contributed by atoms with Crippen molar-refractivity contribution >= 4 is 15.9 Å². The van der Waals surface area contributed by atoms with Crippen LogP contribution in [0.4, 0.5) is 0 Å². The second-order valence-electron chi connectivity index (χ2n) is 3.92. The van der Waals surface area contributed by atoms with Gasteiger partial charge in [-0.25, -0.2) is 4.79 Å². The maximum absolute atomic E-state index is 12.0. The smallest absolute Gasteiger partial charge is 0.332 e. The molecule has 0 saturated carbocycles. The van der Waals surface area contributed by atoms with Crippen molar-refractivity contribution in [2.24, 2.45) is 7.05 Å². The Balaban J connectivity index is 3.28. The zero-order valence-corrected chi connectivity index (χ0v) is 12.1. The number of aromatic nitrogens is 2. The average Bonchev–Trinajstić information content (AvgIpc) is 2.37. The third-order valence-electron chi connectivity index (χ3n) is 2.52. The lowest BCUT2D eigenvalue weighted by Gasteiger charge is -2.21. The monoisotopic (exact) mass is 314 g/mol. The topological polar surface area (TPSA) is 53.2 Å². The Hall–Kier alpha value is -1.32. The van der Waals surface area contributed by atoms with Crippen LogP contribution in [0.5, 0.6) is 0 Å². The van der Waals surface area contributed by atoms with E-state index in [-0.39, 0.29) is 5.56 Å². The molecular formula is C12H15BrN2O3. The molecule has 0 aromatic carbocycles. The Labute approximate surface area is 114 Å². The first-order chi connectivity index (χ1) is 8.42. The molecule has 98 valence electrons. The van der Waals surface area contributed by atoms with Crippen LogP contribution in [0, 0.1) is 19.3 Å². The highest BCUT2D eigenvalue weighted by atomic mass is 79.9. The third kappa shape index (κ3) is 2.92. The van der Waals surface area contributed by atoms with Crippen molar-refractivity contribution in [3.63, 3.8) is 0 Å². The van der Waals surface area contributed by atoms with Gasteiger partial charge in [-0.1, -0.05) is 21.9 Å². The first kappa shape index (κ1) is 14.7. The standard InChI is InChI=1S/C12H15BrN2O3/c1-5-9(3)18-10(6-13)15-7-8(2)11(16)14(4)12(15)17/h1,7,9-10H,6H2,2-4H3. The van der Waals surface area contributed by atoms with Crippen LogP contribution in [0.15, 0.2) is 15.8 Å². The molecule has 0 bridgehead atoms. The summed E-state index contributed by atoms with van der Waals surface area (Å²) in [5, 5.41) is 0.399. The highest BCUT2D eigenvalue weighted by Crippen LogP contribution is 2.12. The van der Waals surface area contributed by atoms with E-state index in [1.807, 2.05) is 0 Å². The van der Waals surface area contributed by atoms with E-state index in [4.69, 9.17) is 11.2 Å². The summed E-state index contributed by atoms with van der Waals surface area (Å²) in [4.78, 5) is 23.6. The molecule has 0 spiro atoms. The summed E-state index contributed by atoms with van der Waals surface area (Å²) in [6, 6.07) is 0. The van der Waals surface area contributed by atoms with Crippen molar-refractivity contribution in [3.8, 4) is 12.3 Å². The van der Waals surface area contributed by atoms with Crippen LogP contribution in [0.1, 0.15) is 18.7 Å². The van der Waals surface area contributed by atoms with E-state index in [0.717, 1.165) is 4.57 Å². The predicted molar refractivity (Wildman–Crippen MR) is 72.9 cm³/mol. The molecule has 0 saturated heterocycles. The van der Waals surface area contributed by atoms with E-state index in [0.29, 0.717) is 10.9 Å². The maximum Gasteiger partial charge on any atom is 0.332 e. The summed E-state index contributed by atoms with van der Waals surface area (Å²) < 4.78 is 7.94. The summed E-state index contributed by atoms with van der Waals surface area (Å²) in [6.45, 7) is 3.36. The molecule has 1 rings (SSSR count). The lowest BCUT2D eigenvalue weighted by atomic mass is 10.3. The highest BCUT2D eigenvalue weighted by molar-refractivity contribution is 9.09. The van der Waals surface area contributed by atoms with Gasteiger partial charge in [0.05, 0.1) is 0 Å². The SMILES string of the molecule is C#CC(C)OC(CBr)n1cc(C)c(=O)n(C)c1=O. The van der Waals surface area contributed by atoms with Crippen molar-refractivity contribution in [1.29, 1.82) is 0 Å². The number of aryl methyl sites for hydroxylation is 1. The molecule has 0 aliphatic carbocycles. The molecule has 0 N–H and O–H groups in total. The van der Waals surface area contributed by atoms with Gasteiger partial charge in [0.25, 0.3) is 5.56 Å². The van der Waals surface area contributed by atoms with Crippen LogP contribution in [0.2, 0.25) is 0 Å². The quantitative estimate of drug-likeness (QED) is 0.610. The Morgan fingerprint density at radius 1 is 1.56 bits per heavy atom. The van der Waals surface area contributed by atoms with Crippen molar-refractivity contribution in [1.82, 2.24) is 9.13 Å². The fourth-order valence-electron chi connectivity index (χ4n) is 1.50. The minimum absolute atomic E-state index is 0.311. The Morgan fingerprint density at radius 3 is 2.67 bits per heavy atom. The number of halogens is 1. The number of nitrogens with zero attached hydrogens (tertiary/aromatic N) is 2. The van der Waals surface area contributed by atoms with E-state index in [2.05, 4.69) is 21.9 Å². The average molecular weight is 315 g/mol. The van der Waals surface area contributed by atoms with Gasteiger partial charge in [-0.05, 0) is 13.8 Å². The lowest BCUT2D eigenvalue weighted by molar-refractivity contribution is -0.00695. The summed E-state index contributed by atoms with van der Waals surface area (Å²) in [6.07, 6.45) is 5.76. The van der Waals surface area contributed by atoms with Crippen LogP contribution in [-0.2, 0) is 11.8 Å². The van der Waals surface area contributed by atoms with E-state index in [9.17, 15) is 9.59 Å². The summed E-state index contributed by atoms with van der Waals surface area (Å²) >= 11 is 3.27. The third-order valence-corrected chi connectivity index (χ3v) is 3.07. The fraction of sp³-hybridized carbons (Fsp3) is 0.500. The molecule has 0 amide bonds. The molecule has 1 aromatic heterocycles. The molecule has 2 unspecified atom stereocenters. The summed E-state index contributed by atoms with van der Waals surface area (Å²) in [5.74, 6) is 2.43. The minimum atomic E-state index is -0.547. The molecule has 6 heteroatoms. The van der Waals surface area contributed by atoms with Gasteiger partial charge in [-0.15, -0.1) is 6.42 Å². The van der Waals surface area contributed by atoms with Gasteiger partial charge < -0.3 is 4.74 Å². The van der Waals surface area contributed by atoms with Gasteiger partial charge >= 0.3 is 5.69 Å². The fourth-order valence-corrected chi connectivity index (χ4v) is 1.97. The molecule has 18 heavy (non-hydrogen) atoms. The van der Waals surface area contributed by atoms with Crippen molar-refractivity contribution < 1.29 is 4.74 Å². The molecule has 1 heterocycles. The Bertz CT molecular complexity index is 582. The number of hydrogen-bond acceptors (Lipinski definition) is 3. The first-order valence-electron chi connectivity index (χ1n) is 5.38. The zero-order valence-electron chi connectivity index (χ0n) is 10.5. The van der Waals surface area contributed by atoms with Gasteiger partial charge in [0.2, 0.25) is 0 Å². The van der Waals surface area contributed by atoms with E-state index < -0.39 is 18.0 Å². The van der Waals surface area contributed by atoms with Gasteiger partial charge in [0.1, 0.15) is 12.3 Å². The first-order valence-corrected chi connectivity index (χ1v) is 6.50. The Morgan fingerprint density at radius 2 is 2.17 bits per heavy atom. The van der Waals surface area contributed by atoms with E-state index in [1.165, 1.54) is 17.8 Å². The molecule has 0 aliphatic rings. The van der Waals surface area contributed by atoms with Gasteiger partial charge in [-0.3, -0.25) is 13.9 Å². The van der Waals surface area contributed by atoms with Gasteiger partial charge in [0, 0.05) is 24.1 Å². The molecule has 0 fully saturated rings. The minimum Gasteiger partial charge on any atom is -0.341 e. The van der Waals surface area contributed by atoms with Crippen molar-refractivity contribution in [2.75, 3.05) is 5.33 Å². The molecular weight excluding hydrogens is 300 g/mol. The van der Waals surface area contributed by atoms with Crippen molar-refractivity contribution in [2.45, 2.75) is 26.2 Å². The number of alkyl halides is 1. The van der Waals surface area contributed by atoms with Crippen LogP contribution >= 0.6 is 15.9 Å². The highest BCUT2D eigenvalue weighted by Gasteiger charge is 2.16. The maximum atomic E-state index is 12.0. The van der Waals surface area contributed by atoms with Crippen LogP contribution in [-0.4, -0.2) is 20.6 Å². The van der Waals surface area contributed by atoms with Gasteiger partial charge in [-0.2, -0.15) is 0 Å². The number of hydrogen-bond donors (Lipinski definition) is 0. The molecule has 1 aromatic rings. The number of ether oxygens (including phenoxy) is 1. The predicted octanol–water partition coefficient (Wildman–Crippen LogP) is 0.787. The number of terminal acetylenes is 1. The molecule has 5 nitrogen and oxygen atoms in total. The second-order valence-corrected chi connectivity index (χ2v) is 4.57. The summed E-state index contributed by atoms with van der Waals surface area (Å²) in [5.41, 5.74) is -0.270. The molecule has 0 aliphatic heterocycles. The zero-order chi connectivity index (χ0) is 13.9. The van der Waals surface area contributed by atoms with Gasteiger partial charge in [0.15, 0.2) is 0 Å². The van der Waals surface area contributed by atoms with E-state index in [1.54, 1.807) is 13.8 Å². The van der Waals surface area contributed by atoms with Crippen LogP contribution in [0.3, 0.4) is 0 Å². The molecule has 2 atom stereocenters. The Kier molecular flexibility index (Phi) is 4.93. The number of rotatable bonds is 4. The van der Waals surface area contributed by atoms with Crippen molar-refractivity contribution in [3.05, 3.63) is 32.6 Å². The lowest BCUT2D eigenvalue weighted by Crippen LogP contribution is -2.41.